The maximum Gasteiger partial charge on any atom is 0.0761 e. The zero-order valence-electron chi connectivity index (χ0n) is 9.56. The quantitative estimate of drug-likeness (QED) is 0.719. The number of benzene rings is 1. The molecule has 1 fully saturated rings. The predicted molar refractivity (Wildman–Crippen MR) is 62.9 cm³/mol. The van der Waals surface area contributed by atoms with Crippen LogP contribution in [0.5, 0.6) is 0 Å². The van der Waals surface area contributed by atoms with E-state index in [-0.39, 0.29) is 0 Å². The lowest BCUT2D eigenvalue weighted by molar-refractivity contribution is 0.185. The molecule has 1 radical (unpaired) electrons. The molecule has 2 atom stereocenters. The molecule has 0 N–H and O–H groups in total. The van der Waals surface area contributed by atoms with Crippen LogP contribution in [0.25, 0.3) is 0 Å². The van der Waals surface area contributed by atoms with Gasteiger partial charge in [-0.05, 0) is 38.4 Å². The fourth-order valence-electron chi connectivity index (χ4n) is 2.23. The van der Waals surface area contributed by atoms with Gasteiger partial charge < -0.3 is 0 Å². The van der Waals surface area contributed by atoms with Crippen LogP contribution in [0.4, 0.5) is 0 Å². The third-order valence-electron chi connectivity index (χ3n) is 3.18. The average molecular weight is 203 g/mol. The number of hydrogen-bond acceptors (Lipinski definition) is 1. The molecule has 1 aliphatic heterocycles. The molecule has 0 saturated carbocycles. The van der Waals surface area contributed by atoms with Crippen molar-refractivity contribution in [2.75, 3.05) is 20.6 Å². The van der Waals surface area contributed by atoms with Crippen molar-refractivity contribution in [1.29, 1.82) is 0 Å². The molecular weight excluding hydrogens is 184 g/mol. The summed E-state index contributed by atoms with van der Waals surface area (Å²) in [4.78, 5) is 2.22. The van der Waals surface area contributed by atoms with Crippen LogP contribution in [0, 0.1) is 0 Å². The summed E-state index contributed by atoms with van der Waals surface area (Å²) in [5.74, 6) is 0.691. The molecule has 1 saturated heterocycles. The van der Waals surface area contributed by atoms with E-state index in [1.54, 1.807) is 0 Å². The van der Waals surface area contributed by atoms with Crippen molar-refractivity contribution in [2.24, 2.45) is 0 Å². The molecule has 0 aromatic heterocycles. The maximum atomic E-state index is 4.63. The third kappa shape index (κ3) is 2.58. The first-order chi connectivity index (χ1) is 7.27. The number of nitrogens with zero attached hydrogens (tertiary/aromatic N) is 2. The van der Waals surface area contributed by atoms with Gasteiger partial charge in [0.25, 0.3) is 0 Å². The highest BCUT2D eigenvalue weighted by atomic mass is 15.2. The summed E-state index contributed by atoms with van der Waals surface area (Å²) in [6.45, 7) is 1.00. The Labute approximate surface area is 92.3 Å². The van der Waals surface area contributed by atoms with Gasteiger partial charge in [-0.25, -0.2) is 5.32 Å². The van der Waals surface area contributed by atoms with E-state index in [1.807, 2.05) is 0 Å². The van der Waals surface area contributed by atoms with Crippen molar-refractivity contribution < 1.29 is 0 Å². The minimum atomic E-state index is 0.406. The van der Waals surface area contributed by atoms with Crippen molar-refractivity contribution in [1.82, 2.24) is 10.2 Å². The maximum absolute atomic E-state index is 4.63. The van der Waals surface area contributed by atoms with Crippen molar-refractivity contribution in [2.45, 2.75) is 24.9 Å². The van der Waals surface area contributed by atoms with Gasteiger partial charge in [-0.15, -0.1) is 0 Å². The van der Waals surface area contributed by atoms with Crippen LogP contribution in [0.2, 0.25) is 0 Å². The second kappa shape index (κ2) is 4.77. The number of rotatable bonds is 2. The topological polar surface area (TPSA) is 17.3 Å². The molecule has 2 heteroatoms. The van der Waals surface area contributed by atoms with Gasteiger partial charge in [0.15, 0.2) is 0 Å². The monoisotopic (exact) mass is 203 g/mol. The molecule has 1 aromatic carbocycles. The lowest BCUT2D eigenvalue weighted by Gasteiger charge is -2.33. The summed E-state index contributed by atoms with van der Waals surface area (Å²) in [6.07, 6.45) is 2.77. The number of hydrogen-bond donors (Lipinski definition) is 0. The summed E-state index contributed by atoms with van der Waals surface area (Å²) >= 11 is 0. The molecule has 0 bridgehead atoms. The molecule has 15 heavy (non-hydrogen) atoms. The van der Waals surface area contributed by atoms with Crippen LogP contribution in [-0.4, -0.2) is 31.7 Å². The normalized spacial score (nSPS) is 26.9. The highest BCUT2D eigenvalue weighted by Gasteiger charge is 2.24. The summed E-state index contributed by atoms with van der Waals surface area (Å²) in [6, 6.07) is 10.8. The highest BCUT2D eigenvalue weighted by Crippen LogP contribution is 2.28. The second-order valence-electron chi connectivity index (χ2n) is 4.48. The van der Waals surface area contributed by atoms with E-state index >= 15 is 0 Å². The zero-order chi connectivity index (χ0) is 10.7. The molecule has 1 heterocycles. The lowest BCUT2D eigenvalue weighted by atomic mass is 9.88. The molecule has 1 aliphatic rings. The minimum absolute atomic E-state index is 0.406. The van der Waals surface area contributed by atoms with Crippen molar-refractivity contribution in [3.63, 3.8) is 0 Å². The fraction of sp³-hybridized carbons (Fsp3) is 0.538. The largest absolute Gasteiger partial charge is 0.293 e. The Kier molecular flexibility index (Phi) is 3.39. The van der Waals surface area contributed by atoms with Crippen molar-refractivity contribution in [3.05, 3.63) is 35.9 Å². The standard InChI is InChI=1S/C13H19N2/c1-15(2)13-10-12(8-9-14-13)11-6-4-3-5-7-11/h3-7,12-13H,8-10H2,1-2H3. The van der Waals surface area contributed by atoms with Gasteiger partial charge in [0, 0.05) is 6.54 Å². The first-order valence-electron chi connectivity index (χ1n) is 5.65. The van der Waals surface area contributed by atoms with E-state index in [9.17, 15) is 0 Å². The van der Waals surface area contributed by atoms with E-state index in [1.165, 1.54) is 12.0 Å². The van der Waals surface area contributed by atoms with Gasteiger partial charge in [0.1, 0.15) is 0 Å². The summed E-state index contributed by atoms with van der Waals surface area (Å²) in [7, 11) is 4.23. The van der Waals surface area contributed by atoms with Crippen LogP contribution < -0.4 is 5.32 Å². The first kappa shape index (κ1) is 10.7. The first-order valence-corrected chi connectivity index (χ1v) is 5.65. The van der Waals surface area contributed by atoms with Gasteiger partial charge in [0.05, 0.1) is 6.17 Å². The van der Waals surface area contributed by atoms with Crippen LogP contribution in [0.1, 0.15) is 24.3 Å². The van der Waals surface area contributed by atoms with Gasteiger partial charge >= 0.3 is 0 Å². The lowest BCUT2D eigenvalue weighted by Crippen LogP contribution is -2.42. The van der Waals surface area contributed by atoms with Gasteiger partial charge in [-0.2, -0.15) is 0 Å². The van der Waals surface area contributed by atoms with Crippen LogP contribution in [-0.2, 0) is 0 Å². The predicted octanol–water partition coefficient (Wildman–Crippen LogP) is 2.06. The van der Waals surface area contributed by atoms with Crippen molar-refractivity contribution in [3.8, 4) is 0 Å². The molecule has 81 valence electrons. The van der Waals surface area contributed by atoms with E-state index in [2.05, 4.69) is 54.6 Å². The van der Waals surface area contributed by atoms with Crippen molar-refractivity contribution >= 4 is 0 Å². The van der Waals surface area contributed by atoms with Crippen LogP contribution in [0.15, 0.2) is 30.3 Å². The molecule has 0 amide bonds. The van der Waals surface area contributed by atoms with Crippen LogP contribution >= 0.6 is 0 Å². The van der Waals surface area contributed by atoms with E-state index in [0.717, 1.165) is 13.0 Å². The third-order valence-corrected chi connectivity index (χ3v) is 3.18. The van der Waals surface area contributed by atoms with E-state index in [0.29, 0.717) is 12.1 Å². The fourth-order valence-corrected chi connectivity index (χ4v) is 2.23. The van der Waals surface area contributed by atoms with Gasteiger partial charge in [-0.3, -0.25) is 4.90 Å². The molecular formula is C13H19N2. The Hall–Kier alpha value is -0.860. The SMILES string of the molecule is CN(C)C1CC(c2ccccc2)CC[N]1. The zero-order valence-corrected chi connectivity index (χ0v) is 9.56. The molecule has 2 rings (SSSR count). The van der Waals surface area contributed by atoms with Gasteiger partial charge in [0.2, 0.25) is 0 Å². The Morgan fingerprint density at radius 1 is 1.20 bits per heavy atom. The second-order valence-corrected chi connectivity index (χ2v) is 4.48. The Morgan fingerprint density at radius 2 is 1.93 bits per heavy atom. The summed E-state index contributed by atoms with van der Waals surface area (Å²) in [5, 5.41) is 4.63. The number of piperidine rings is 1. The molecule has 2 unspecified atom stereocenters. The van der Waals surface area contributed by atoms with Crippen LogP contribution in [0.3, 0.4) is 0 Å². The Bertz CT molecular complexity index is 295. The minimum Gasteiger partial charge on any atom is -0.293 e. The smallest absolute Gasteiger partial charge is 0.0761 e. The molecule has 0 aliphatic carbocycles. The molecule has 0 spiro atoms. The Morgan fingerprint density at radius 3 is 2.60 bits per heavy atom. The highest BCUT2D eigenvalue weighted by molar-refractivity contribution is 5.20. The summed E-state index contributed by atoms with van der Waals surface area (Å²) in [5.41, 5.74) is 1.47. The van der Waals surface area contributed by atoms with E-state index < -0.39 is 0 Å². The Balaban J connectivity index is 2.05. The van der Waals surface area contributed by atoms with Gasteiger partial charge in [-0.1, -0.05) is 30.3 Å². The summed E-state index contributed by atoms with van der Waals surface area (Å²) < 4.78 is 0. The molecule has 2 nitrogen and oxygen atoms in total. The van der Waals surface area contributed by atoms with E-state index in [4.69, 9.17) is 0 Å². The molecule has 1 aromatic rings. The average Bonchev–Trinajstić information content (AvgIpc) is 2.30.